The number of carbonyl (C=O) groups excluding carboxylic acids is 3. The van der Waals surface area contributed by atoms with Crippen molar-refractivity contribution in [2.24, 2.45) is 5.92 Å². The molecule has 3 amide bonds. The first kappa shape index (κ1) is 37.9. The number of hydrogen-bond donors (Lipinski definition) is 3. The van der Waals surface area contributed by atoms with Crippen molar-refractivity contribution in [2.75, 3.05) is 47.8 Å². The maximum Gasteiger partial charge on any atom is 0.284 e. The molecule has 0 radical (unpaired) electrons. The van der Waals surface area contributed by atoms with E-state index in [9.17, 15) is 23.2 Å². The van der Waals surface area contributed by atoms with Crippen LogP contribution in [0.25, 0.3) is 5.69 Å². The van der Waals surface area contributed by atoms with Gasteiger partial charge in [-0.2, -0.15) is 17.7 Å². The number of piperidine rings is 1. The van der Waals surface area contributed by atoms with E-state index in [2.05, 4.69) is 58.6 Å². The molecule has 1 saturated carbocycles. The van der Waals surface area contributed by atoms with Crippen LogP contribution >= 0.6 is 12.6 Å². The van der Waals surface area contributed by atoms with Crippen LogP contribution in [0, 0.1) is 5.92 Å². The first-order chi connectivity index (χ1) is 28.2. The fraction of sp³-hybridized carbons (Fsp3) is 0.366. The van der Waals surface area contributed by atoms with Crippen LogP contribution < -0.4 is 20.4 Å². The second-order valence-electron chi connectivity index (χ2n) is 15.2. The Hall–Kier alpha value is -5.65. The van der Waals surface area contributed by atoms with Gasteiger partial charge in [-0.1, -0.05) is 18.2 Å². The predicted octanol–water partition coefficient (Wildman–Crippen LogP) is 5.86. The van der Waals surface area contributed by atoms with Gasteiger partial charge in [0.25, 0.3) is 12.3 Å². The summed E-state index contributed by atoms with van der Waals surface area (Å²) in [5.74, 6) is -0.0234. The highest BCUT2D eigenvalue weighted by atomic mass is 32.1. The molecule has 4 aliphatic rings. The van der Waals surface area contributed by atoms with Gasteiger partial charge in [-0.05, 0) is 72.2 Å². The van der Waals surface area contributed by atoms with Crippen molar-refractivity contribution >= 4 is 53.2 Å². The Kier molecular flexibility index (Phi) is 10.4. The van der Waals surface area contributed by atoms with Gasteiger partial charge >= 0.3 is 0 Å². The fourth-order valence-electron chi connectivity index (χ4n) is 7.99. The molecule has 14 nitrogen and oxygen atoms in total. The van der Waals surface area contributed by atoms with E-state index in [1.54, 1.807) is 12.1 Å². The molecule has 3 aliphatic heterocycles. The van der Waals surface area contributed by atoms with E-state index in [4.69, 9.17) is 17.0 Å². The number of piperazine rings is 1. The molecule has 0 spiro atoms. The van der Waals surface area contributed by atoms with Crippen molar-refractivity contribution in [1.82, 2.24) is 34.9 Å². The molecular weight excluding hydrogens is 767 g/mol. The minimum Gasteiger partial charge on any atom is -0.451 e. The molecule has 17 heteroatoms. The molecule has 9 rings (SSSR count). The van der Waals surface area contributed by atoms with Crippen molar-refractivity contribution in [3.8, 4) is 5.69 Å². The lowest BCUT2D eigenvalue weighted by molar-refractivity contribution is -0.137. The first-order valence-corrected chi connectivity index (χ1v) is 20.0. The van der Waals surface area contributed by atoms with Gasteiger partial charge in [0.15, 0.2) is 17.8 Å². The summed E-state index contributed by atoms with van der Waals surface area (Å²) in [7, 11) is 0. The van der Waals surface area contributed by atoms with E-state index in [0.29, 0.717) is 42.5 Å². The number of nitrogens with zero attached hydrogens (tertiary/aromatic N) is 8. The Morgan fingerprint density at radius 1 is 1.00 bits per heavy atom. The van der Waals surface area contributed by atoms with Crippen molar-refractivity contribution in [2.45, 2.75) is 56.6 Å². The Morgan fingerprint density at radius 3 is 2.52 bits per heavy atom. The first-order valence-electron chi connectivity index (χ1n) is 19.5. The molecule has 6 heterocycles. The number of alkyl halides is 2. The number of oxazole rings is 1. The summed E-state index contributed by atoms with van der Waals surface area (Å²) in [5.41, 5.74) is 4.66. The van der Waals surface area contributed by atoms with E-state index in [1.807, 2.05) is 24.3 Å². The second kappa shape index (κ2) is 15.9. The predicted molar refractivity (Wildman–Crippen MR) is 214 cm³/mol. The van der Waals surface area contributed by atoms with Gasteiger partial charge in [0.05, 0.1) is 34.7 Å². The number of carbonyl (C=O) groups is 3. The summed E-state index contributed by atoms with van der Waals surface area (Å²) in [6, 6.07) is 16.9. The van der Waals surface area contributed by atoms with Crippen molar-refractivity contribution < 1.29 is 27.6 Å². The zero-order valence-electron chi connectivity index (χ0n) is 31.5. The minimum absolute atomic E-state index is 0.0426. The summed E-state index contributed by atoms with van der Waals surface area (Å²) in [6.07, 6.45) is 5.41. The van der Waals surface area contributed by atoms with Crippen LogP contribution in [0.3, 0.4) is 0 Å². The van der Waals surface area contributed by atoms with Gasteiger partial charge in [-0.15, -0.1) is 0 Å². The van der Waals surface area contributed by atoms with Gasteiger partial charge in [0.1, 0.15) is 12.1 Å². The highest BCUT2D eigenvalue weighted by Gasteiger charge is 2.39. The van der Waals surface area contributed by atoms with E-state index in [1.165, 1.54) is 33.8 Å². The lowest BCUT2D eigenvalue weighted by Crippen LogP contribution is -2.51. The summed E-state index contributed by atoms with van der Waals surface area (Å²) in [6.45, 7) is 5.43. The number of aromatic nitrogens is 4. The molecule has 2 N–H and O–H groups in total. The molecule has 0 bridgehead atoms. The second-order valence-corrected chi connectivity index (χ2v) is 15.7. The van der Waals surface area contributed by atoms with Gasteiger partial charge in [-0.3, -0.25) is 34.4 Å². The Labute approximate surface area is 338 Å². The number of hydrogen-bond acceptors (Lipinski definition) is 12. The fourth-order valence-corrected chi connectivity index (χ4v) is 8.48. The van der Waals surface area contributed by atoms with Crippen molar-refractivity contribution in [3.05, 3.63) is 108 Å². The van der Waals surface area contributed by atoms with Crippen LogP contribution in [-0.4, -0.2) is 86.0 Å². The third kappa shape index (κ3) is 7.80. The standard InChI is InChI=1S/C41H42F2N10O4S/c42-38(43)37-34(53(40(56)32-23-57-24-46-32)30-11-12-44-35(18-30)45-19-25-1-2-25)22-52(48-37)29-6-4-28(5-7-29)50-15-13-49(14-16-50)20-26-3-8-31-27(17-26)21-51(41(31)58)33-9-10-36(54)47-39(33)55/h3-8,11-12,17-18,22-25,33,38,41,58H,1-2,9-10,13-16,19-21H2,(H,44,45)(H,47,54,55). The molecule has 2 atom stereocenters. The van der Waals surface area contributed by atoms with E-state index in [-0.39, 0.29) is 34.6 Å². The number of thiol groups is 1. The third-order valence-corrected chi connectivity index (χ3v) is 11.9. The molecule has 300 valence electrons. The average molecular weight is 809 g/mol. The third-order valence-electron chi connectivity index (χ3n) is 11.3. The normalized spacial score (nSPS) is 20.0. The zero-order valence-corrected chi connectivity index (χ0v) is 32.4. The van der Waals surface area contributed by atoms with Crippen molar-refractivity contribution in [1.29, 1.82) is 0 Å². The molecule has 2 saturated heterocycles. The minimum atomic E-state index is -2.97. The van der Waals surface area contributed by atoms with Crippen LogP contribution in [0.2, 0.25) is 0 Å². The van der Waals surface area contributed by atoms with Gasteiger partial charge in [0.2, 0.25) is 11.8 Å². The highest BCUT2D eigenvalue weighted by Crippen LogP contribution is 2.40. The molecule has 3 aromatic heterocycles. The zero-order chi connectivity index (χ0) is 39.9. The number of benzene rings is 2. The summed E-state index contributed by atoms with van der Waals surface area (Å²) in [4.78, 5) is 54.4. The van der Waals surface area contributed by atoms with Crippen LogP contribution in [0.5, 0.6) is 0 Å². The number of fused-ring (bicyclic) bond motifs is 1. The maximum atomic E-state index is 14.7. The Bertz CT molecular complexity index is 2310. The lowest BCUT2D eigenvalue weighted by Gasteiger charge is -2.36. The maximum absolute atomic E-state index is 14.7. The lowest BCUT2D eigenvalue weighted by atomic mass is 10.0. The molecule has 3 fully saturated rings. The van der Waals surface area contributed by atoms with E-state index in [0.717, 1.165) is 75.3 Å². The van der Waals surface area contributed by atoms with Crippen molar-refractivity contribution in [3.63, 3.8) is 0 Å². The van der Waals surface area contributed by atoms with Crippen LogP contribution in [0.15, 0.2) is 84.1 Å². The average Bonchev–Trinajstić information content (AvgIpc) is 3.54. The Morgan fingerprint density at radius 2 is 1.79 bits per heavy atom. The number of anilines is 4. The summed E-state index contributed by atoms with van der Waals surface area (Å²) < 4.78 is 35.8. The molecular formula is C41H42F2N10O4S. The number of nitrogens with one attached hydrogen (secondary N) is 2. The Balaban J connectivity index is 0.868. The molecule has 2 aromatic carbocycles. The van der Waals surface area contributed by atoms with E-state index >= 15 is 0 Å². The number of amides is 3. The van der Waals surface area contributed by atoms with E-state index < -0.39 is 18.0 Å². The van der Waals surface area contributed by atoms with Gasteiger partial charge < -0.3 is 14.6 Å². The number of pyridine rings is 1. The molecule has 2 unspecified atom stereocenters. The van der Waals surface area contributed by atoms with Crippen LogP contribution in [-0.2, 0) is 22.7 Å². The largest absolute Gasteiger partial charge is 0.451 e. The van der Waals surface area contributed by atoms with Gasteiger partial charge in [0, 0.05) is 70.2 Å². The summed E-state index contributed by atoms with van der Waals surface area (Å²) in [5, 5.41) is 9.82. The molecule has 58 heavy (non-hydrogen) atoms. The smallest absolute Gasteiger partial charge is 0.284 e. The number of imide groups is 1. The quantitative estimate of drug-likeness (QED) is 0.103. The van der Waals surface area contributed by atoms with Gasteiger partial charge in [-0.25, -0.2) is 23.4 Å². The number of halogens is 2. The molecule has 1 aliphatic carbocycles. The SMILES string of the molecule is O=C1CCC(N2Cc3cc(CN4CCN(c5ccc(-n6cc(N(C(=O)c7cocn7)c7ccnc(NCC8CC8)c7)c(C(F)F)n6)cc5)CC4)ccc3C2S)C(=O)N1. The monoisotopic (exact) mass is 808 g/mol. The molecule has 5 aromatic rings. The topological polar surface area (TPSA) is 145 Å². The number of rotatable bonds is 12. The summed E-state index contributed by atoms with van der Waals surface area (Å²) >= 11 is 4.83. The van der Waals surface area contributed by atoms with Crippen LogP contribution in [0.1, 0.15) is 70.4 Å². The highest BCUT2D eigenvalue weighted by molar-refractivity contribution is 7.80. The van der Waals surface area contributed by atoms with Crippen LogP contribution in [0.4, 0.5) is 31.7 Å².